The lowest BCUT2D eigenvalue weighted by molar-refractivity contribution is 0.0936. The van der Waals surface area contributed by atoms with Crippen LogP contribution in [0.3, 0.4) is 0 Å². The van der Waals surface area contributed by atoms with Crippen LogP contribution in [0.5, 0.6) is 5.75 Å². The van der Waals surface area contributed by atoms with E-state index in [4.69, 9.17) is 4.74 Å². The zero-order chi connectivity index (χ0) is 14.5. The monoisotopic (exact) mass is 277 g/mol. The number of nitrogens with zero attached hydrogens (tertiary/aromatic N) is 2. The minimum Gasteiger partial charge on any atom is -0.494 e. The number of ether oxygens (including phenoxy) is 1. The fraction of sp³-hybridized carbons (Fsp3) is 0.286. The van der Waals surface area contributed by atoms with E-state index in [1.54, 1.807) is 12.5 Å². The topological polar surface area (TPSA) is 56.1 Å². The van der Waals surface area contributed by atoms with Crippen LogP contribution in [0.2, 0.25) is 0 Å². The number of benzene rings is 1. The van der Waals surface area contributed by atoms with Gasteiger partial charge >= 0.3 is 0 Å². The fourth-order valence-electron chi connectivity index (χ4n) is 1.87. The molecule has 0 unspecified atom stereocenters. The molecule has 0 bridgehead atoms. The van der Waals surface area contributed by atoms with Gasteiger partial charge in [-0.1, -0.05) is 0 Å². The quantitative estimate of drug-likeness (QED) is 0.907. The summed E-state index contributed by atoms with van der Waals surface area (Å²) >= 11 is 0. The van der Waals surface area contributed by atoms with Crippen molar-refractivity contribution < 1.29 is 13.9 Å². The highest BCUT2D eigenvalue weighted by Gasteiger charge is 2.12. The molecule has 0 spiro atoms. The molecule has 5 nitrogen and oxygen atoms in total. The summed E-state index contributed by atoms with van der Waals surface area (Å²) < 4.78 is 20.2. The molecule has 0 aliphatic heterocycles. The summed E-state index contributed by atoms with van der Waals surface area (Å²) in [6.45, 7) is 2.47. The van der Waals surface area contributed by atoms with Gasteiger partial charge in [-0.15, -0.1) is 0 Å². The third kappa shape index (κ3) is 3.34. The maximum atomic E-state index is 13.5. The first-order valence-corrected chi connectivity index (χ1v) is 6.20. The third-order valence-electron chi connectivity index (χ3n) is 2.84. The largest absolute Gasteiger partial charge is 0.494 e. The van der Waals surface area contributed by atoms with Crippen LogP contribution in [-0.4, -0.2) is 28.6 Å². The number of nitrogens with one attached hydrogen (secondary N) is 1. The second-order valence-electron chi connectivity index (χ2n) is 4.48. The molecule has 106 valence electrons. The van der Waals surface area contributed by atoms with Crippen LogP contribution in [0.15, 0.2) is 36.9 Å². The Morgan fingerprint density at radius 2 is 2.35 bits per heavy atom. The van der Waals surface area contributed by atoms with Gasteiger partial charge in [0.25, 0.3) is 5.91 Å². The van der Waals surface area contributed by atoms with Gasteiger partial charge in [0.2, 0.25) is 0 Å². The van der Waals surface area contributed by atoms with Crippen molar-refractivity contribution in [3.63, 3.8) is 0 Å². The number of imidazole rings is 1. The SMILES string of the molecule is COc1ccc(C(=O)N[C@@H](C)Cn2ccnc2)cc1F. The molecule has 1 aromatic carbocycles. The second kappa shape index (κ2) is 6.18. The Kier molecular flexibility index (Phi) is 4.34. The Morgan fingerprint density at radius 3 is 2.95 bits per heavy atom. The van der Waals surface area contributed by atoms with E-state index in [9.17, 15) is 9.18 Å². The van der Waals surface area contributed by atoms with Crippen molar-refractivity contribution in [2.24, 2.45) is 0 Å². The predicted octanol–water partition coefficient (Wildman–Crippen LogP) is 1.85. The summed E-state index contributed by atoms with van der Waals surface area (Å²) in [4.78, 5) is 15.9. The normalized spacial score (nSPS) is 11.9. The summed E-state index contributed by atoms with van der Waals surface area (Å²) in [6.07, 6.45) is 5.17. The number of aromatic nitrogens is 2. The molecule has 1 aromatic heterocycles. The van der Waals surface area contributed by atoms with E-state index in [1.807, 2.05) is 17.7 Å². The average Bonchev–Trinajstić information content (AvgIpc) is 2.91. The van der Waals surface area contributed by atoms with Crippen LogP contribution >= 0.6 is 0 Å². The Morgan fingerprint density at radius 1 is 1.55 bits per heavy atom. The molecule has 1 heterocycles. The van der Waals surface area contributed by atoms with Crippen LogP contribution in [0.25, 0.3) is 0 Å². The molecule has 0 saturated heterocycles. The molecule has 1 N–H and O–H groups in total. The zero-order valence-electron chi connectivity index (χ0n) is 11.3. The summed E-state index contributed by atoms with van der Waals surface area (Å²) in [5, 5.41) is 2.80. The first-order chi connectivity index (χ1) is 9.60. The molecule has 2 rings (SSSR count). The van der Waals surface area contributed by atoms with Gasteiger partial charge in [0.05, 0.1) is 13.4 Å². The van der Waals surface area contributed by atoms with Crippen molar-refractivity contribution in [2.45, 2.75) is 19.5 Å². The van der Waals surface area contributed by atoms with Crippen LogP contribution in [0.1, 0.15) is 17.3 Å². The molecular formula is C14H16FN3O2. The van der Waals surface area contributed by atoms with E-state index in [0.717, 1.165) is 6.07 Å². The number of halogens is 1. The van der Waals surface area contributed by atoms with Crippen molar-refractivity contribution in [1.82, 2.24) is 14.9 Å². The molecule has 2 aromatic rings. The van der Waals surface area contributed by atoms with Gasteiger partial charge in [0.15, 0.2) is 11.6 Å². The van der Waals surface area contributed by atoms with E-state index < -0.39 is 5.82 Å². The minimum absolute atomic E-state index is 0.0955. The maximum absolute atomic E-state index is 13.5. The van der Waals surface area contributed by atoms with E-state index in [2.05, 4.69) is 10.3 Å². The van der Waals surface area contributed by atoms with E-state index >= 15 is 0 Å². The Bertz CT molecular complexity index is 584. The summed E-state index contributed by atoms with van der Waals surface area (Å²) in [6, 6.07) is 4.03. The number of rotatable bonds is 5. The molecule has 0 fully saturated rings. The highest BCUT2D eigenvalue weighted by atomic mass is 19.1. The maximum Gasteiger partial charge on any atom is 0.251 e. The van der Waals surface area contributed by atoms with Gasteiger partial charge in [0, 0.05) is 30.5 Å². The molecule has 6 heteroatoms. The van der Waals surface area contributed by atoms with E-state index in [-0.39, 0.29) is 23.3 Å². The molecule has 0 aliphatic rings. The lowest BCUT2D eigenvalue weighted by atomic mass is 10.2. The van der Waals surface area contributed by atoms with Crippen molar-refractivity contribution in [1.29, 1.82) is 0 Å². The van der Waals surface area contributed by atoms with Crippen molar-refractivity contribution >= 4 is 5.91 Å². The molecule has 20 heavy (non-hydrogen) atoms. The Hall–Kier alpha value is -2.37. The highest BCUT2D eigenvalue weighted by Crippen LogP contribution is 2.17. The number of carbonyl (C=O) groups is 1. The molecule has 0 saturated carbocycles. The summed E-state index contributed by atoms with van der Waals surface area (Å²) in [5.74, 6) is -0.755. The number of amides is 1. The molecule has 1 atom stereocenters. The lowest BCUT2D eigenvalue weighted by Crippen LogP contribution is -2.35. The molecule has 0 radical (unpaired) electrons. The second-order valence-corrected chi connectivity index (χ2v) is 4.48. The molecular weight excluding hydrogens is 261 g/mol. The zero-order valence-corrected chi connectivity index (χ0v) is 11.3. The van der Waals surface area contributed by atoms with E-state index in [0.29, 0.717) is 6.54 Å². The molecule has 1 amide bonds. The number of hydrogen-bond donors (Lipinski definition) is 1. The summed E-state index contributed by atoms with van der Waals surface area (Å²) in [5.41, 5.74) is 0.265. The van der Waals surface area contributed by atoms with E-state index in [1.165, 1.54) is 19.2 Å². The van der Waals surface area contributed by atoms with Crippen LogP contribution in [-0.2, 0) is 6.54 Å². The lowest BCUT2D eigenvalue weighted by Gasteiger charge is -2.14. The first kappa shape index (κ1) is 14.0. The minimum atomic E-state index is -0.553. The van der Waals surface area contributed by atoms with Gasteiger partial charge in [0.1, 0.15) is 0 Å². The van der Waals surface area contributed by atoms with Gasteiger partial charge in [-0.05, 0) is 25.1 Å². The molecule has 0 aliphatic carbocycles. The fourth-order valence-corrected chi connectivity index (χ4v) is 1.87. The van der Waals surface area contributed by atoms with Gasteiger partial charge in [-0.2, -0.15) is 0 Å². The standard InChI is InChI=1S/C14H16FN3O2/c1-10(8-18-6-5-16-9-18)17-14(19)11-3-4-13(20-2)12(15)7-11/h3-7,9-10H,8H2,1-2H3,(H,17,19)/t10-/m0/s1. The number of hydrogen-bond acceptors (Lipinski definition) is 3. The van der Waals surface area contributed by atoms with Gasteiger partial charge < -0.3 is 14.6 Å². The third-order valence-corrected chi connectivity index (χ3v) is 2.84. The van der Waals surface area contributed by atoms with Gasteiger partial charge in [-0.3, -0.25) is 4.79 Å². The Labute approximate surface area is 116 Å². The average molecular weight is 277 g/mol. The Balaban J connectivity index is 1.99. The van der Waals surface area contributed by atoms with Crippen LogP contribution < -0.4 is 10.1 Å². The number of methoxy groups -OCH3 is 1. The highest BCUT2D eigenvalue weighted by molar-refractivity contribution is 5.94. The smallest absolute Gasteiger partial charge is 0.251 e. The van der Waals surface area contributed by atoms with Crippen molar-refractivity contribution in [3.05, 3.63) is 48.3 Å². The first-order valence-electron chi connectivity index (χ1n) is 6.20. The summed E-state index contributed by atoms with van der Waals surface area (Å²) in [7, 11) is 1.38. The number of carbonyl (C=O) groups excluding carboxylic acids is 1. The van der Waals surface area contributed by atoms with Crippen LogP contribution in [0.4, 0.5) is 4.39 Å². The predicted molar refractivity (Wildman–Crippen MR) is 72.1 cm³/mol. The van der Waals surface area contributed by atoms with Crippen molar-refractivity contribution in [2.75, 3.05) is 7.11 Å². The van der Waals surface area contributed by atoms with Gasteiger partial charge in [-0.25, -0.2) is 9.37 Å². The van der Waals surface area contributed by atoms with Crippen LogP contribution in [0, 0.1) is 5.82 Å². The van der Waals surface area contributed by atoms with Crippen molar-refractivity contribution in [3.8, 4) is 5.75 Å².